The topological polar surface area (TPSA) is 130 Å². The van der Waals surface area contributed by atoms with Gasteiger partial charge in [0.15, 0.2) is 5.75 Å². The summed E-state index contributed by atoms with van der Waals surface area (Å²) in [7, 11) is -2.16. The van der Waals surface area contributed by atoms with Crippen LogP contribution in [0.2, 0.25) is 0 Å². The van der Waals surface area contributed by atoms with E-state index in [0.717, 1.165) is 40.0 Å². The maximum atomic E-state index is 13.6. The number of hydrogen-bond donors (Lipinski definition) is 4. The molecule has 2 aromatic carbocycles. The lowest BCUT2D eigenvalue weighted by Gasteiger charge is -2.24. The third kappa shape index (κ3) is 6.55. The molecule has 12 heteroatoms. The molecular weight excluding hydrogens is 554 g/mol. The Balaban J connectivity index is 1.67. The highest BCUT2D eigenvalue weighted by atomic mass is 32.2. The Morgan fingerprint density at radius 2 is 1.69 bits per heavy atom. The molecule has 0 unspecified atom stereocenters. The second kappa shape index (κ2) is 11.0. The summed E-state index contributed by atoms with van der Waals surface area (Å²) >= 11 is 0. The summed E-state index contributed by atoms with van der Waals surface area (Å²) in [5, 5.41) is 9.33. The van der Waals surface area contributed by atoms with E-state index in [2.05, 4.69) is 46.9 Å². The number of nitrogens with zero attached hydrogens (tertiary/aromatic N) is 3. The molecule has 1 amide bonds. The van der Waals surface area contributed by atoms with E-state index in [1.807, 2.05) is 62.8 Å². The van der Waals surface area contributed by atoms with Gasteiger partial charge < -0.3 is 15.5 Å². The van der Waals surface area contributed by atoms with E-state index >= 15 is 0 Å². The fourth-order valence-corrected chi connectivity index (χ4v) is 5.34. The van der Waals surface area contributed by atoms with Crippen molar-refractivity contribution in [1.29, 1.82) is 0 Å². The van der Waals surface area contributed by atoms with E-state index in [1.54, 1.807) is 24.3 Å². The van der Waals surface area contributed by atoms with Crippen molar-refractivity contribution in [1.82, 2.24) is 20.7 Å². The van der Waals surface area contributed by atoms with Crippen LogP contribution in [0.5, 0.6) is 5.75 Å². The number of nitrogens with one attached hydrogen (secondary N) is 4. The molecule has 1 aliphatic heterocycles. The first-order valence-electron chi connectivity index (χ1n) is 13.6. The van der Waals surface area contributed by atoms with E-state index in [1.165, 1.54) is 7.11 Å². The molecule has 0 aliphatic carbocycles. The number of anilines is 3. The van der Waals surface area contributed by atoms with Crippen molar-refractivity contribution in [2.24, 2.45) is 0 Å². The second-order valence-electron chi connectivity index (χ2n) is 12.6. The molecule has 2 heterocycles. The average Bonchev–Trinajstić information content (AvgIpc) is 3.49. The summed E-state index contributed by atoms with van der Waals surface area (Å²) < 4.78 is 34.2. The van der Waals surface area contributed by atoms with Crippen LogP contribution in [-0.2, 0) is 21.0 Å². The van der Waals surface area contributed by atoms with Gasteiger partial charge in [-0.3, -0.25) is 19.2 Å². The van der Waals surface area contributed by atoms with Gasteiger partial charge in [0, 0.05) is 23.0 Å². The summed E-state index contributed by atoms with van der Waals surface area (Å²) in [6.45, 7) is 16.3. The van der Waals surface area contributed by atoms with Crippen molar-refractivity contribution < 1.29 is 17.9 Å². The molecule has 0 spiro atoms. The fraction of sp³-hybridized carbons (Fsp3) is 0.400. The summed E-state index contributed by atoms with van der Waals surface area (Å²) in [5.41, 5.74) is 12.3. The highest BCUT2D eigenvalue weighted by Crippen LogP contribution is 2.39. The number of sulfonamides is 1. The second-order valence-corrected chi connectivity index (χ2v) is 14.3. The number of benzene rings is 2. The quantitative estimate of drug-likeness (QED) is 0.300. The number of amides is 1. The standard InChI is InChI=1S/C30H41N7O4S/c1-18-11-12-20(13-26(18)36-17-25(33-35-36)22-16-31-37(19(22)2)30(6,7)8)28(38)32-23-14-21(29(3,4)5)15-24(27(23)41-9)34-42(10,39)40/h11-17,33-35H,1-10H3,(H,32,38). The number of methoxy groups -OCH3 is 1. The van der Waals surface area contributed by atoms with Crippen LogP contribution in [0.4, 0.5) is 17.1 Å². The van der Waals surface area contributed by atoms with Gasteiger partial charge in [0.2, 0.25) is 10.0 Å². The van der Waals surface area contributed by atoms with Gasteiger partial charge in [-0.25, -0.2) is 8.42 Å². The Morgan fingerprint density at radius 1 is 1.02 bits per heavy atom. The van der Waals surface area contributed by atoms with Crippen molar-refractivity contribution in [3.8, 4) is 5.75 Å². The Hall–Kier alpha value is -4.03. The van der Waals surface area contributed by atoms with Gasteiger partial charge in [0.1, 0.15) is 0 Å². The zero-order valence-corrected chi connectivity index (χ0v) is 26.7. The molecule has 0 saturated carbocycles. The van der Waals surface area contributed by atoms with Crippen LogP contribution in [0, 0.1) is 13.8 Å². The minimum absolute atomic E-state index is 0.149. The fourth-order valence-electron chi connectivity index (χ4n) is 4.79. The van der Waals surface area contributed by atoms with Crippen molar-refractivity contribution >= 4 is 38.7 Å². The van der Waals surface area contributed by atoms with Gasteiger partial charge in [-0.15, -0.1) is 5.53 Å². The monoisotopic (exact) mass is 595 g/mol. The van der Waals surface area contributed by atoms with Gasteiger partial charge in [-0.1, -0.05) is 26.8 Å². The summed E-state index contributed by atoms with van der Waals surface area (Å²) in [6, 6.07) is 8.94. The minimum Gasteiger partial charge on any atom is -0.492 e. The van der Waals surface area contributed by atoms with Gasteiger partial charge in [0.05, 0.1) is 47.9 Å². The maximum absolute atomic E-state index is 13.6. The summed E-state index contributed by atoms with van der Waals surface area (Å²) in [6.07, 6.45) is 4.84. The zero-order valence-electron chi connectivity index (χ0n) is 25.9. The van der Waals surface area contributed by atoms with E-state index < -0.39 is 10.0 Å². The average molecular weight is 596 g/mol. The predicted molar refractivity (Wildman–Crippen MR) is 168 cm³/mol. The molecule has 4 rings (SSSR count). The molecule has 0 atom stereocenters. The first-order chi connectivity index (χ1) is 19.4. The lowest BCUT2D eigenvalue weighted by Crippen LogP contribution is -2.36. The summed E-state index contributed by atoms with van der Waals surface area (Å²) in [4.78, 5) is 13.6. The molecule has 11 nitrogen and oxygen atoms in total. The third-order valence-corrected chi connectivity index (χ3v) is 7.53. The summed E-state index contributed by atoms with van der Waals surface area (Å²) in [5.74, 6) is -0.150. The van der Waals surface area contributed by atoms with Crippen LogP contribution in [0.3, 0.4) is 0 Å². The number of ether oxygens (including phenoxy) is 1. The van der Waals surface area contributed by atoms with E-state index in [4.69, 9.17) is 4.74 Å². The Morgan fingerprint density at radius 3 is 2.26 bits per heavy atom. The van der Waals surface area contributed by atoms with Crippen molar-refractivity contribution in [2.45, 2.75) is 66.3 Å². The van der Waals surface area contributed by atoms with Gasteiger partial charge >= 0.3 is 0 Å². The largest absolute Gasteiger partial charge is 0.492 e. The molecular formula is C30H41N7O4S. The number of carbonyl (C=O) groups is 1. The molecule has 4 N–H and O–H groups in total. The molecule has 1 aliphatic rings. The molecule has 0 radical (unpaired) electrons. The number of aromatic nitrogens is 2. The van der Waals surface area contributed by atoms with Crippen LogP contribution in [0.1, 0.15) is 74.3 Å². The first-order valence-corrected chi connectivity index (χ1v) is 15.5. The Kier molecular flexibility index (Phi) is 8.09. The van der Waals surface area contributed by atoms with Crippen molar-refractivity contribution in [2.75, 3.05) is 28.4 Å². The molecule has 3 aromatic rings. The van der Waals surface area contributed by atoms with Crippen LogP contribution in [0.25, 0.3) is 5.70 Å². The van der Waals surface area contributed by atoms with Crippen LogP contribution in [0.15, 0.2) is 42.7 Å². The lowest BCUT2D eigenvalue weighted by atomic mass is 9.86. The maximum Gasteiger partial charge on any atom is 0.255 e. The van der Waals surface area contributed by atoms with Crippen LogP contribution >= 0.6 is 0 Å². The molecule has 1 aromatic heterocycles. The molecule has 42 heavy (non-hydrogen) atoms. The molecule has 0 fully saturated rings. The normalized spacial score (nSPS) is 14.0. The minimum atomic E-state index is -3.59. The number of rotatable bonds is 7. The van der Waals surface area contributed by atoms with Gasteiger partial charge in [0.25, 0.3) is 5.91 Å². The van der Waals surface area contributed by atoms with E-state index in [9.17, 15) is 13.2 Å². The van der Waals surface area contributed by atoms with Crippen LogP contribution < -0.4 is 30.7 Å². The Labute approximate surface area is 248 Å². The lowest BCUT2D eigenvalue weighted by molar-refractivity contribution is 0.102. The smallest absolute Gasteiger partial charge is 0.255 e. The van der Waals surface area contributed by atoms with Crippen molar-refractivity contribution in [3.63, 3.8) is 0 Å². The third-order valence-electron chi connectivity index (χ3n) is 6.94. The highest BCUT2D eigenvalue weighted by molar-refractivity contribution is 7.92. The molecule has 0 bridgehead atoms. The zero-order chi connectivity index (χ0) is 31.2. The van der Waals surface area contributed by atoms with Gasteiger partial charge in [-0.05, 0) is 75.4 Å². The van der Waals surface area contributed by atoms with Crippen molar-refractivity contribution in [3.05, 3.63) is 70.7 Å². The highest BCUT2D eigenvalue weighted by Gasteiger charge is 2.25. The number of hydrogen-bond acceptors (Lipinski definition) is 8. The number of hydrazine groups is 2. The van der Waals surface area contributed by atoms with Crippen LogP contribution in [-0.4, -0.2) is 37.5 Å². The van der Waals surface area contributed by atoms with Gasteiger partial charge in [-0.2, -0.15) is 5.10 Å². The molecule has 226 valence electrons. The van der Waals surface area contributed by atoms with E-state index in [-0.39, 0.29) is 28.3 Å². The number of carbonyl (C=O) groups excluding carboxylic acids is 1. The SMILES string of the molecule is COc1c(NC(=O)c2ccc(C)c(N3C=C(c4cnn(C(C)(C)C)c4C)NN3)c2)cc(C(C)(C)C)cc1NS(C)(=O)=O. The first kappa shape index (κ1) is 30.9. The van der Waals surface area contributed by atoms with E-state index in [0.29, 0.717) is 11.3 Å². The Bertz CT molecular complexity index is 1660. The molecule has 0 saturated heterocycles. The predicted octanol–water partition coefficient (Wildman–Crippen LogP) is 5.01. The number of aryl methyl sites for hydroxylation is 1.